The summed E-state index contributed by atoms with van der Waals surface area (Å²) in [5.41, 5.74) is 5.52. The van der Waals surface area contributed by atoms with Crippen molar-refractivity contribution in [2.24, 2.45) is 5.73 Å². The summed E-state index contributed by atoms with van der Waals surface area (Å²) in [6.07, 6.45) is 0. The van der Waals surface area contributed by atoms with Crippen LogP contribution in [0.4, 0.5) is 15.1 Å². The van der Waals surface area contributed by atoms with Crippen molar-refractivity contribution in [1.29, 1.82) is 0 Å². The Morgan fingerprint density at radius 1 is 1.33 bits per heavy atom. The number of imide groups is 1. The highest BCUT2D eigenvalue weighted by Crippen LogP contribution is 2.29. The second kappa shape index (κ2) is 8.35. The number of morpholine rings is 1. The third kappa shape index (κ3) is 4.55. The molecule has 0 aliphatic carbocycles. The van der Waals surface area contributed by atoms with Gasteiger partial charge in [0.15, 0.2) is 5.16 Å². The lowest BCUT2D eigenvalue weighted by Crippen LogP contribution is -2.39. The molecule has 11 heteroatoms. The highest BCUT2D eigenvalue weighted by atomic mass is 32.2. The van der Waals surface area contributed by atoms with Gasteiger partial charge in [-0.05, 0) is 25.1 Å². The number of primary amides is 1. The molecule has 1 aromatic carbocycles. The van der Waals surface area contributed by atoms with Crippen LogP contribution in [0, 0.1) is 5.82 Å². The molecule has 0 radical (unpaired) electrons. The van der Waals surface area contributed by atoms with Crippen LogP contribution in [0.5, 0.6) is 0 Å². The minimum atomic E-state index is -0.923. The molecule has 2 heterocycles. The topological polar surface area (TPSA) is 115 Å². The van der Waals surface area contributed by atoms with Crippen LogP contribution in [0.25, 0.3) is 5.69 Å². The molecule has 3 rings (SSSR count). The molecular formula is C16H19FN6O3S. The van der Waals surface area contributed by atoms with E-state index in [0.29, 0.717) is 43.1 Å². The Kier molecular flexibility index (Phi) is 5.91. The number of nitrogens with one attached hydrogen (secondary N) is 1. The zero-order valence-corrected chi connectivity index (χ0v) is 15.4. The Bertz CT molecular complexity index is 839. The lowest BCUT2D eigenvalue weighted by molar-refractivity contribution is -0.119. The Balaban J connectivity index is 1.94. The number of ether oxygens (including phenoxy) is 1. The number of benzene rings is 1. The summed E-state index contributed by atoms with van der Waals surface area (Å²) in [5.74, 6) is -0.410. The quantitative estimate of drug-likeness (QED) is 0.725. The molecule has 0 saturated carbocycles. The Labute approximate surface area is 159 Å². The fourth-order valence-electron chi connectivity index (χ4n) is 2.58. The van der Waals surface area contributed by atoms with Gasteiger partial charge in [-0.25, -0.2) is 9.18 Å². The summed E-state index contributed by atoms with van der Waals surface area (Å²) in [6.45, 7) is 3.96. The molecule has 1 aliphatic rings. The molecular weight excluding hydrogens is 375 g/mol. The lowest BCUT2D eigenvalue weighted by Gasteiger charge is -2.28. The van der Waals surface area contributed by atoms with Crippen LogP contribution >= 0.6 is 11.8 Å². The summed E-state index contributed by atoms with van der Waals surface area (Å²) in [4.78, 5) is 24.9. The molecule has 1 aliphatic heterocycles. The normalized spacial score (nSPS) is 15.4. The first-order valence-corrected chi connectivity index (χ1v) is 9.14. The third-order valence-electron chi connectivity index (χ3n) is 3.87. The molecule has 27 heavy (non-hydrogen) atoms. The van der Waals surface area contributed by atoms with Crippen LogP contribution < -0.4 is 16.0 Å². The molecule has 9 nitrogen and oxygen atoms in total. The van der Waals surface area contributed by atoms with Gasteiger partial charge in [0.25, 0.3) is 0 Å². The Hall–Kier alpha value is -2.66. The predicted molar refractivity (Wildman–Crippen MR) is 97.4 cm³/mol. The monoisotopic (exact) mass is 394 g/mol. The number of nitrogens with two attached hydrogens (primary N) is 1. The third-order valence-corrected chi connectivity index (χ3v) is 4.92. The molecule has 1 aromatic heterocycles. The van der Waals surface area contributed by atoms with E-state index in [1.54, 1.807) is 23.6 Å². The maximum Gasteiger partial charge on any atom is 0.318 e. The van der Waals surface area contributed by atoms with E-state index in [9.17, 15) is 14.0 Å². The van der Waals surface area contributed by atoms with E-state index in [2.05, 4.69) is 10.2 Å². The number of carbonyl (C=O) groups is 2. The number of thioether (sulfide) groups is 1. The van der Waals surface area contributed by atoms with E-state index in [1.165, 1.54) is 12.1 Å². The van der Waals surface area contributed by atoms with Crippen molar-refractivity contribution in [3.8, 4) is 5.69 Å². The van der Waals surface area contributed by atoms with Gasteiger partial charge in [0.1, 0.15) is 5.82 Å². The second-order valence-electron chi connectivity index (χ2n) is 5.81. The van der Waals surface area contributed by atoms with E-state index in [1.807, 2.05) is 10.2 Å². The van der Waals surface area contributed by atoms with Crippen LogP contribution in [0.15, 0.2) is 29.4 Å². The average Bonchev–Trinajstić information content (AvgIpc) is 3.05. The van der Waals surface area contributed by atoms with Crippen LogP contribution in [-0.2, 0) is 9.53 Å². The zero-order valence-electron chi connectivity index (χ0n) is 14.6. The van der Waals surface area contributed by atoms with Crippen molar-refractivity contribution in [2.45, 2.75) is 17.3 Å². The number of aromatic nitrogens is 3. The maximum absolute atomic E-state index is 13.8. The van der Waals surface area contributed by atoms with Gasteiger partial charge >= 0.3 is 6.03 Å². The Morgan fingerprint density at radius 3 is 2.74 bits per heavy atom. The zero-order chi connectivity index (χ0) is 19.4. The van der Waals surface area contributed by atoms with Crippen molar-refractivity contribution in [3.63, 3.8) is 0 Å². The molecule has 144 valence electrons. The first-order chi connectivity index (χ1) is 13.0. The van der Waals surface area contributed by atoms with Gasteiger partial charge in [0, 0.05) is 13.1 Å². The SMILES string of the molecule is C[C@@H](Sc1nnc(N2CCOCC2)n1-c1cccc(F)c1)C(=O)NC(N)=O. The molecule has 2 aromatic rings. The van der Waals surface area contributed by atoms with Gasteiger partial charge in [-0.2, -0.15) is 0 Å². The molecule has 1 fully saturated rings. The highest BCUT2D eigenvalue weighted by Gasteiger charge is 2.25. The van der Waals surface area contributed by atoms with Crippen molar-refractivity contribution < 1.29 is 18.7 Å². The maximum atomic E-state index is 13.8. The number of hydrogen-bond donors (Lipinski definition) is 2. The molecule has 0 bridgehead atoms. The van der Waals surface area contributed by atoms with Crippen molar-refractivity contribution in [3.05, 3.63) is 30.1 Å². The van der Waals surface area contributed by atoms with E-state index in [4.69, 9.17) is 10.5 Å². The van der Waals surface area contributed by atoms with Gasteiger partial charge < -0.3 is 15.4 Å². The number of amides is 3. The van der Waals surface area contributed by atoms with Gasteiger partial charge in [-0.3, -0.25) is 14.7 Å². The molecule has 0 unspecified atom stereocenters. The summed E-state index contributed by atoms with van der Waals surface area (Å²) in [7, 11) is 0. The Morgan fingerprint density at radius 2 is 2.07 bits per heavy atom. The van der Waals surface area contributed by atoms with Crippen LogP contribution in [0.1, 0.15) is 6.92 Å². The van der Waals surface area contributed by atoms with E-state index < -0.39 is 23.0 Å². The molecule has 0 spiro atoms. The number of hydrogen-bond acceptors (Lipinski definition) is 7. The smallest absolute Gasteiger partial charge is 0.318 e. The number of carbonyl (C=O) groups excluding carboxylic acids is 2. The van der Waals surface area contributed by atoms with Crippen LogP contribution in [0.2, 0.25) is 0 Å². The highest BCUT2D eigenvalue weighted by molar-refractivity contribution is 8.00. The number of anilines is 1. The lowest BCUT2D eigenvalue weighted by atomic mass is 10.3. The number of rotatable bonds is 5. The minimum absolute atomic E-state index is 0.397. The van der Waals surface area contributed by atoms with Crippen molar-refractivity contribution >= 4 is 29.6 Å². The van der Waals surface area contributed by atoms with E-state index in [0.717, 1.165) is 11.8 Å². The summed E-state index contributed by atoms with van der Waals surface area (Å²) < 4.78 is 20.8. The fraction of sp³-hybridized carbons (Fsp3) is 0.375. The molecule has 1 saturated heterocycles. The average molecular weight is 394 g/mol. The predicted octanol–water partition coefficient (Wildman–Crippen LogP) is 0.919. The first kappa shape index (κ1) is 19.1. The second-order valence-corrected chi connectivity index (χ2v) is 7.12. The van der Waals surface area contributed by atoms with Crippen LogP contribution in [-0.4, -0.2) is 58.3 Å². The largest absolute Gasteiger partial charge is 0.378 e. The molecule has 1 atom stereocenters. The summed E-state index contributed by atoms with van der Waals surface area (Å²) in [6, 6.07) is 5.11. The number of nitrogens with zero attached hydrogens (tertiary/aromatic N) is 4. The van der Waals surface area contributed by atoms with Gasteiger partial charge in [0.05, 0.1) is 24.2 Å². The standard InChI is InChI=1S/C16H19FN6O3S/c1-10(13(24)19-14(18)25)27-16-21-20-15(22-5-7-26-8-6-22)23(16)12-4-2-3-11(17)9-12/h2-4,9-10H,5-8H2,1H3,(H3,18,19,24,25)/t10-/m1/s1. The van der Waals surface area contributed by atoms with E-state index >= 15 is 0 Å². The molecule has 3 N–H and O–H groups in total. The van der Waals surface area contributed by atoms with Crippen molar-refractivity contribution in [1.82, 2.24) is 20.1 Å². The first-order valence-electron chi connectivity index (χ1n) is 8.26. The van der Waals surface area contributed by atoms with Gasteiger partial charge in [-0.1, -0.05) is 17.8 Å². The van der Waals surface area contributed by atoms with E-state index in [-0.39, 0.29) is 0 Å². The minimum Gasteiger partial charge on any atom is -0.378 e. The summed E-state index contributed by atoms with van der Waals surface area (Å²) >= 11 is 1.09. The van der Waals surface area contributed by atoms with Crippen LogP contribution in [0.3, 0.4) is 0 Å². The number of urea groups is 1. The fourth-order valence-corrected chi connectivity index (χ4v) is 3.45. The van der Waals surface area contributed by atoms with Gasteiger partial charge in [0.2, 0.25) is 11.9 Å². The molecule has 3 amide bonds. The van der Waals surface area contributed by atoms with Crippen molar-refractivity contribution in [2.75, 3.05) is 31.2 Å². The summed E-state index contributed by atoms with van der Waals surface area (Å²) in [5, 5.41) is 10.2. The number of halogens is 1. The van der Waals surface area contributed by atoms with Gasteiger partial charge in [-0.15, -0.1) is 10.2 Å².